The molecule has 2 nitrogen and oxygen atoms in total. The van der Waals surface area contributed by atoms with Crippen molar-refractivity contribution in [1.82, 2.24) is 4.98 Å². The predicted molar refractivity (Wildman–Crippen MR) is 54.8 cm³/mol. The average molecular weight is 176 g/mol. The van der Waals surface area contributed by atoms with Crippen LogP contribution < -0.4 is 5.32 Å². The van der Waals surface area contributed by atoms with Crippen molar-refractivity contribution < 1.29 is 0 Å². The summed E-state index contributed by atoms with van der Waals surface area (Å²) in [5, 5.41) is 3.51. The molecule has 1 aromatic rings. The van der Waals surface area contributed by atoms with Gasteiger partial charge in [-0.05, 0) is 37.3 Å². The highest BCUT2D eigenvalue weighted by Gasteiger charge is 2.26. The summed E-state index contributed by atoms with van der Waals surface area (Å²) in [5.74, 6) is 0.820. The van der Waals surface area contributed by atoms with Crippen molar-refractivity contribution in [1.29, 1.82) is 0 Å². The van der Waals surface area contributed by atoms with Crippen LogP contribution in [0.25, 0.3) is 0 Å². The van der Waals surface area contributed by atoms with Crippen LogP contribution in [-0.2, 0) is 0 Å². The van der Waals surface area contributed by atoms with E-state index < -0.39 is 0 Å². The largest absolute Gasteiger partial charge is 0.381 e. The van der Waals surface area contributed by atoms with Crippen LogP contribution in [0.5, 0.6) is 0 Å². The summed E-state index contributed by atoms with van der Waals surface area (Å²) >= 11 is 0. The fourth-order valence-electron chi connectivity index (χ4n) is 1.73. The predicted octanol–water partition coefficient (Wildman–Crippen LogP) is 2.60. The maximum atomic E-state index is 4.16. The fourth-order valence-corrected chi connectivity index (χ4v) is 1.73. The molecule has 1 fully saturated rings. The Morgan fingerprint density at radius 1 is 1.38 bits per heavy atom. The molecule has 0 aromatic carbocycles. The number of aryl methyl sites for hydroxylation is 1. The van der Waals surface area contributed by atoms with E-state index in [1.54, 1.807) is 0 Å². The van der Waals surface area contributed by atoms with Gasteiger partial charge in [0.25, 0.3) is 0 Å². The minimum Gasteiger partial charge on any atom is -0.381 e. The number of aromatic nitrogens is 1. The van der Waals surface area contributed by atoms with Crippen molar-refractivity contribution in [3.05, 3.63) is 24.0 Å². The van der Waals surface area contributed by atoms with Crippen LogP contribution in [0.1, 0.15) is 25.3 Å². The van der Waals surface area contributed by atoms with Crippen molar-refractivity contribution >= 4 is 5.69 Å². The number of nitrogens with one attached hydrogen (secondary N) is 1. The van der Waals surface area contributed by atoms with Gasteiger partial charge in [-0.15, -0.1) is 0 Å². The quantitative estimate of drug-likeness (QED) is 0.749. The van der Waals surface area contributed by atoms with Crippen LogP contribution in [0, 0.1) is 12.8 Å². The Bertz CT molecular complexity index is 296. The number of hydrogen-bond acceptors (Lipinski definition) is 2. The molecule has 2 rings (SSSR count). The van der Waals surface area contributed by atoms with Gasteiger partial charge in [-0.2, -0.15) is 0 Å². The van der Waals surface area contributed by atoms with Gasteiger partial charge >= 0.3 is 0 Å². The van der Waals surface area contributed by atoms with E-state index in [1.165, 1.54) is 18.4 Å². The first-order valence-corrected chi connectivity index (χ1v) is 4.94. The fraction of sp³-hybridized carbons (Fsp3) is 0.545. The van der Waals surface area contributed by atoms with Gasteiger partial charge in [-0.1, -0.05) is 6.92 Å². The number of pyridine rings is 1. The summed E-state index contributed by atoms with van der Waals surface area (Å²) in [7, 11) is 0. The van der Waals surface area contributed by atoms with Crippen LogP contribution in [-0.4, -0.2) is 11.0 Å². The Balaban J connectivity index is 2.01. The Morgan fingerprint density at radius 2 is 2.23 bits per heavy atom. The maximum Gasteiger partial charge on any atom is 0.0531 e. The van der Waals surface area contributed by atoms with E-state index in [1.807, 2.05) is 12.4 Å². The highest BCUT2D eigenvalue weighted by atomic mass is 14.9. The lowest BCUT2D eigenvalue weighted by atomic mass is 9.81. The second-order valence-corrected chi connectivity index (χ2v) is 4.06. The monoisotopic (exact) mass is 176 g/mol. The molecule has 2 unspecified atom stereocenters. The average Bonchev–Trinajstić information content (AvgIpc) is 2.12. The van der Waals surface area contributed by atoms with E-state index in [9.17, 15) is 0 Å². The molecule has 13 heavy (non-hydrogen) atoms. The standard InChI is InChI=1S/C11H16N2/c1-8-5-10(7-12-6-8)13-11-4-3-9(11)2/h5-7,9,11,13H,3-4H2,1-2H3. The Kier molecular flexibility index (Phi) is 2.21. The molecular weight excluding hydrogens is 160 g/mol. The molecule has 1 N–H and O–H groups in total. The minimum atomic E-state index is 0.670. The lowest BCUT2D eigenvalue weighted by Crippen LogP contribution is -2.36. The van der Waals surface area contributed by atoms with E-state index in [-0.39, 0.29) is 0 Å². The van der Waals surface area contributed by atoms with Gasteiger partial charge in [-0.25, -0.2) is 0 Å². The Hall–Kier alpha value is -1.05. The topological polar surface area (TPSA) is 24.9 Å². The second-order valence-electron chi connectivity index (χ2n) is 4.06. The lowest BCUT2D eigenvalue weighted by Gasteiger charge is -2.35. The SMILES string of the molecule is Cc1cncc(NC2CCC2C)c1. The first-order valence-electron chi connectivity index (χ1n) is 4.94. The summed E-state index contributed by atoms with van der Waals surface area (Å²) in [6.45, 7) is 4.37. The van der Waals surface area contributed by atoms with Crippen molar-refractivity contribution in [2.75, 3.05) is 5.32 Å². The van der Waals surface area contributed by atoms with Crippen LogP contribution in [0.2, 0.25) is 0 Å². The van der Waals surface area contributed by atoms with Gasteiger partial charge in [0.2, 0.25) is 0 Å². The highest BCUT2D eigenvalue weighted by molar-refractivity contribution is 5.43. The third-order valence-corrected chi connectivity index (χ3v) is 2.85. The number of rotatable bonds is 2. The molecule has 1 saturated carbocycles. The molecule has 0 spiro atoms. The first-order chi connectivity index (χ1) is 6.25. The molecule has 2 atom stereocenters. The van der Waals surface area contributed by atoms with E-state index >= 15 is 0 Å². The molecule has 0 radical (unpaired) electrons. The Labute approximate surface area is 79.4 Å². The van der Waals surface area contributed by atoms with Crippen LogP contribution in [0.15, 0.2) is 18.5 Å². The zero-order chi connectivity index (χ0) is 9.26. The van der Waals surface area contributed by atoms with Crippen LogP contribution >= 0.6 is 0 Å². The molecule has 1 aromatic heterocycles. The molecule has 0 amide bonds. The van der Waals surface area contributed by atoms with Gasteiger partial charge in [0, 0.05) is 18.4 Å². The van der Waals surface area contributed by atoms with Crippen LogP contribution in [0.4, 0.5) is 5.69 Å². The van der Waals surface area contributed by atoms with Crippen molar-refractivity contribution in [3.63, 3.8) is 0 Å². The van der Waals surface area contributed by atoms with E-state index in [0.29, 0.717) is 6.04 Å². The first kappa shape index (κ1) is 8.54. The van der Waals surface area contributed by atoms with Gasteiger partial charge in [0.05, 0.1) is 5.69 Å². The smallest absolute Gasteiger partial charge is 0.0531 e. The van der Waals surface area contributed by atoms with Gasteiger partial charge in [0.15, 0.2) is 0 Å². The molecule has 2 heteroatoms. The molecule has 1 aliphatic rings. The zero-order valence-corrected chi connectivity index (χ0v) is 8.25. The minimum absolute atomic E-state index is 0.670. The zero-order valence-electron chi connectivity index (χ0n) is 8.25. The van der Waals surface area contributed by atoms with Crippen molar-refractivity contribution in [3.8, 4) is 0 Å². The number of hydrogen-bond donors (Lipinski definition) is 1. The molecule has 0 saturated heterocycles. The van der Waals surface area contributed by atoms with Crippen LogP contribution in [0.3, 0.4) is 0 Å². The molecular formula is C11H16N2. The molecule has 70 valence electrons. The normalized spacial score (nSPS) is 26.6. The summed E-state index contributed by atoms with van der Waals surface area (Å²) in [4.78, 5) is 4.16. The summed E-state index contributed by atoms with van der Waals surface area (Å²) in [6.07, 6.45) is 6.44. The highest BCUT2D eigenvalue weighted by Crippen LogP contribution is 2.29. The third-order valence-electron chi connectivity index (χ3n) is 2.85. The van der Waals surface area contributed by atoms with E-state index in [0.717, 1.165) is 11.6 Å². The number of anilines is 1. The van der Waals surface area contributed by atoms with Crippen molar-refractivity contribution in [2.24, 2.45) is 5.92 Å². The lowest BCUT2D eigenvalue weighted by molar-refractivity contribution is 0.303. The second kappa shape index (κ2) is 3.36. The van der Waals surface area contributed by atoms with Gasteiger partial charge in [0.1, 0.15) is 0 Å². The Morgan fingerprint density at radius 3 is 2.77 bits per heavy atom. The van der Waals surface area contributed by atoms with E-state index in [4.69, 9.17) is 0 Å². The van der Waals surface area contributed by atoms with Gasteiger partial charge in [-0.3, -0.25) is 4.98 Å². The maximum absolute atomic E-state index is 4.16. The summed E-state index contributed by atoms with van der Waals surface area (Å²) < 4.78 is 0. The summed E-state index contributed by atoms with van der Waals surface area (Å²) in [6, 6.07) is 2.82. The van der Waals surface area contributed by atoms with Gasteiger partial charge < -0.3 is 5.32 Å². The number of nitrogens with zero attached hydrogens (tertiary/aromatic N) is 1. The molecule has 1 heterocycles. The summed E-state index contributed by atoms with van der Waals surface area (Å²) in [5.41, 5.74) is 2.38. The van der Waals surface area contributed by atoms with Crippen molar-refractivity contribution in [2.45, 2.75) is 32.7 Å². The van der Waals surface area contributed by atoms with E-state index in [2.05, 4.69) is 30.2 Å². The molecule has 1 aliphatic carbocycles. The molecule has 0 aliphatic heterocycles. The molecule has 0 bridgehead atoms. The third kappa shape index (κ3) is 1.82.